The summed E-state index contributed by atoms with van der Waals surface area (Å²) >= 11 is 1.49. The molecule has 1 aliphatic heterocycles. The van der Waals surface area contributed by atoms with Crippen molar-refractivity contribution in [3.63, 3.8) is 0 Å². The summed E-state index contributed by atoms with van der Waals surface area (Å²) in [6.07, 6.45) is 1.81. The molecule has 4 heteroatoms. The van der Waals surface area contributed by atoms with Crippen LogP contribution in [-0.2, 0) is 4.79 Å². The third kappa shape index (κ3) is 1.90. The van der Waals surface area contributed by atoms with Crippen LogP contribution in [0, 0.1) is 0 Å². The van der Waals surface area contributed by atoms with Crippen LogP contribution >= 0.6 is 11.8 Å². The number of hydrogen-bond acceptors (Lipinski definition) is 3. The number of aromatic hydroxyl groups is 1. The SMILES string of the molecule is O=C1NCSC1=Cc1ccc(O)cc1. The molecule has 72 valence electrons. The third-order valence-electron chi connectivity index (χ3n) is 1.88. The van der Waals surface area contributed by atoms with Gasteiger partial charge in [-0.2, -0.15) is 0 Å². The van der Waals surface area contributed by atoms with Crippen molar-refractivity contribution >= 4 is 23.7 Å². The second-order valence-electron chi connectivity index (χ2n) is 2.89. The first-order valence-electron chi connectivity index (χ1n) is 4.17. The van der Waals surface area contributed by atoms with Gasteiger partial charge in [0.2, 0.25) is 0 Å². The molecule has 14 heavy (non-hydrogen) atoms. The van der Waals surface area contributed by atoms with E-state index in [1.165, 1.54) is 11.8 Å². The highest BCUT2D eigenvalue weighted by molar-refractivity contribution is 8.04. The van der Waals surface area contributed by atoms with Gasteiger partial charge >= 0.3 is 0 Å². The summed E-state index contributed by atoms with van der Waals surface area (Å²) in [4.78, 5) is 11.9. The average molecular weight is 207 g/mol. The van der Waals surface area contributed by atoms with Crippen LogP contribution < -0.4 is 5.32 Å². The van der Waals surface area contributed by atoms with Crippen molar-refractivity contribution in [2.45, 2.75) is 0 Å². The number of nitrogens with one attached hydrogen (secondary N) is 1. The van der Waals surface area contributed by atoms with Gasteiger partial charge in [-0.15, -0.1) is 0 Å². The van der Waals surface area contributed by atoms with Gasteiger partial charge in [0, 0.05) is 0 Å². The van der Waals surface area contributed by atoms with Gasteiger partial charge in [0.05, 0.1) is 10.8 Å². The van der Waals surface area contributed by atoms with E-state index in [0.29, 0.717) is 5.88 Å². The molecule has 2 N–H and O–H groups in total. The Morgan fingerprint density at radius 1 is 1.36 bits per heavy atom. The minimum Gasteiger partial charge on any atom is -0.508 e. The lowest BCUT2D eigenvalue weighted by atomic mass is 10.2. The Balaban J connectivity index is 2.24. The van der Waals surface area contributed by atoms with Crippen LogP contribution in [0.5, 0.6) is 5.75 Å². The maximum atomic E-state index is 11.2. The van der Waals surface area contributed by atoms with Crippen molar-refractivity contribution in [1.29, 1.82) is 0 Å². The number of hydrogen-bond donors (Lipinski definition) is 2. The minimum absolute atomic E-state index is 0.0249. The summed E-state index contributed by atoms with van der Waals surface area (Å²) in [7, 11) is 0. The molecule has 0 bridgehead atoms. The maximum absolute atomic E-state index is 11.2. The molecule has 0 atom stereocenters. The van der Waals surface area contributed by atoms with E-state index in [9.17, 15) is 4.79 Å². The molecule has 0 unspecified atom stereocenters. The minimum atomic E-state index is -0.0249. The molecule has 1 heterocycles. The van der Waals surface area contributed by atoms with Gasteiger partial charge < -0.3 is 10.4 Å². The highest BCUT2D eigenvalue weighted by Crippen LogP contribution is 2.23. The fraction of sp³-hybridized carbons (Fsp3) is 0.100. The largest absolute Gasteiger partial charge is 0.508 e. The van der Waals surface area contributed by atoms with Crippen molar-refractivity contribution in [1.82, 2.24) is 5.32 Å². The monoisotopic (exact) mass is 207 g/mol. The number of thioether (sulfide) groups is 1. The lowest BCUT2D eigenvalue weighted by molar-refractivity contribution is -0.116. The normalized spacial score (nSPS) is 18.6. The van der Waals surface area contributed by atoms with E-state index in [1.54, 1.807) is 24.3 Å². The van der Waals surface area contributed by atoms with Gasteiger partial charge in [0.25, 0.3) is 5.91 Å². The molecular weight excluding hydrogens is 198 g/mol. The van der Waals surface area contributed by atoms with Gasteiger partial charge in [-0.05, 0) is 23.8 Å². The van der Waals surface area contributed by atoms with E-state index in [1.807, 2.05) is 6.08 Å². The van der Waals surface area contributed by atoms with Crippen molar-refractivity contribution in [2.75, 3.05) is 5.88 Å². The predicted octanol–water partition coefficient (Wildman–Crippen LogP) is 1.55. The van der Waals surface area contributed by atoms with Crippen LogP contribution in [0.3, 0.4) is 0 Å². The zero-order valence-electron chi connectivity index (χ0n) is 7.36. The molecular formula is C10H9NO2S. The molecule has 0 radical (unpaired) electrons. The zero-order valence-corrected chi connectivity index (χ0v) is 8.17. The number of phenols is 1. The van der Waals surface area contributed by atoms with Gasteiger partial charge in [-0.25, -0.2) is 0 Å². The third-order valence-corrected chi connectivity index (χ3v) is 2.78. The van der Waals surface area contributed by atoms with E-state index in [-0.39, 0.29) is 11.7 Å². The van der Waals surface area contributed by atoms with Gasteiger partial charge in [0.15, 0.2) is 0 Å². The lowest BCUT2D eigenvalue weighted by Crippen LogP contribution is -2.13. The van der Waals surface area contributed by atoms with Crippen molar-refractivity contribution in [3.05, 3.63) is 34.7 Å². The fourth-order valence-corrected chi connectivity index (χ4v) is 1.94. The predicted molar refractivity (Wildman–Crippen MR) is 56.7 cm³/mol. The van der Waals surface area contributed by atoms with Gasteiger partial charge in [-0.3, -0.25) is 4.79 Å². The quantitative estimate of drug-likeness (QED) is 0.687. The average Bonchev–Trinajstić information content (AvgIpc) is 2.56. The van der Waals surface area contributed by atoms with E-state index in [4.69, 9.17) is 5.11 Å². The van der Waals surface area contributed by atoms with Crippen LogP contribution in [0.1, 0.15) is 5.56 Å². The molecule has 0 aromatic heterocycles. The van der Waals surface area contributed by atoms with E-state index < -0.39 is 0 Å². The molecule has 2 rings (SSSR count). The van der Waals surface area contributed by atoms with Crippen LogP contribution in [0.2, 0.25) is 0 Å². The first-order chi connectivity index (χ1) is 6.75. The Morgan fingerprint density at radius 3 is 2.64 bits per heavy atom. The zero-order chi connectivity index (χ0) is 9.97. The van der Waals surface area contributed by atoms with Gasteiger partial charge in [-0.1, -0.05) is 23.9 Å². The summed E-state index contributed by atoms with van der Waals surface area (Å²) in [5, 5.41) is 11.8. The molecule has 1 aromatic rings. The summed E-state index contributed by atoms with van der Waals surface area (Å²) in [6.45, 7) is 0. The van der Waals surface area contributed by atoms with Crippen LogP contribution in [-0.4, -0.2) is 16.9 Å². The highest BCUT2D eigenvalue weighted by Gasteiger charge is 2.16. The first-order valence-corrected chi connectivity index (χ1v) is 5.16. The topological polar surface area (TPSA) is 49.3 Å². The number of carbonyl (C=O) groups is 1. The van der Waals surface area contributed by atoms with E-state index in [0.717, 1.165) is 10.5 Å². The molecule has 1 aromatic carbocycles. The smallest absolute Gasteiger partial charge is 0.258 e. The van der Waals surface area contributed by atoms with Gasteiger partial charge in [0.1, 0.15) is 5.75 Å². The van der Waals surface area contributed by atoms with Crippen LogP contribution in [0.25, 0.3) is 6.08 Å². The molecule has 0 aliphatic carbocycles. The van der Waals surface area contributed by atoms with Crippen molar-refractivity contribution < 1.29 is 9.90 Å². The van der Waals surface area contributed by atoms with E-state index >= 15 is 0 Å². The Kier molecular flexibility index (Phi) is 2.45. The molecule has 0 spiro atoms. The molecule has 1 saturated heterocycles. The Morgan fingerprint density at radius 2 is 2.07 bits per heavy atom. The van der Waals surface area contributed by atoms with Crippen molar-refractivity contribution in [3.8, 4) is 5.75 Å². The summed E-state index contributed by atoms with van der Waals surface area (Å²) in [5.74, 6) is 0.849. The maximum Gasteiger partial charge on any atom is 0.258 e. The molecule has 1 amide bonds. The number of carbonyl (C=O) groups excluding carboxylic acids is 1. The molecule has 1 fully saturated rings. The number of phenolic OH excluding ortho intramolecular Hbond substituents is 1. The first kappa shape index (κ1) is 9.15. The van der Waals surface area contributed by atoms with Crippen molar-refractivity contribution in [2.24, 2.45) is 0 Å². The second-order valence-corrected chi connectivity index (χ2v) is 3.91. The summed E-state index contributed by atoms with van der Waals surface area (Å²) in [6, 6.07) is 6.75. The standard InChI is InChI=1S/C10H9NO2S/c12-8-3-1-7(2-4-8)5-9-10(13)11-6-14-9/h1-5,12H,6H2,(H,11,13). The van der Waals surface area contributed by atoms with Crippen LogP contribution in [0.15, 0.2) is 29.2 Å². The molecule has 0 saturated carbocycles. The second kappa shape index (κ2) is 3.75. The Labute approximate surface area is 85.8 Å². The summed E-state index contributed by atoms with van der Waals surface area (Å²) in [5.41, 5.74) is 0.919. The van der Waals surface area contributed by atoms with Crippen LogP contribution in [0.4, 0.5) is 0 Å². The molecule has 3 nitrogen and oxygen atoms in total. The number of amides is 1. The Bertz CT molecular complexity index is 384. The molecule has 1 aliphatic rings. The number of benzene rings is 1. The fourth-order valence-electron chi connectivity index (χ4n) is 1.16. The number of rotatable bonds is 1. The van der Waals surface area contributed by atoms with E-state index in [2.05, 4.69) is 5.32 Å². The Hall–Kier alpha value is -1.42. The highest BCUT2D eigenvalue weighted by atomic mass is 32.2. The summed E-state index contributed by atoms with van der Waals surface area (Å²) < 4.78 is 0. The lowest BCUT2D eigenvalue weighted by Gasteiger charge is -1.95.